The lowest BCUT2D eigenvalue weighted by Crippen LogP contribution is -2.54. The first-order chi connectivity index (χ1) is 20.4. The molecule has 3 aromatic rings. The van der Waals surface area contributed by atoms with E-state index in [1.165, 1.54) is 21.3 Å². The van der Waals surface area contributed by atoms with Crippen LogP contribution in [0.2, 0.25) is 5.02 Å². The topological polar surface area (TPSA) is 80.8 Å². The van der Waals surface area contributed by atoms with Crippen LogP contribution in [0.5, 0.6) is 23.0 Å². The van der Waals surface area contributed by atoms with Gasteiger partial charge in [-0.15, -0.1) is 0 Å². The molecule has 2 aliphatic rings. The quantitative estimate of drug-likeness (QED) is 0.355. The average Bonchev–Trinajstić information content (AvgIpc) is 3.03. The van der Waals surface area contributed by atoms with Gasteiger partial charge in [0.25, 0.3) is 0 Å². The van der Waals surface area contributed by atoms with Crippen molar-refractivity contribution in [1.82, 2.24) is 4.90 Å². The molecule has 0 spiro atoms. The van der Waals surface area contributed by atoms with Crippen molar-refractivity contribution in [2.75, 3.05) is 64.4 Å². The summed E-state index contributed by atoms with van der Waals surface area (Å²) >= 11 is 6.22. The molecule has 2 heterocycles. The summed E-state index contributed by atoms with van der Waals surface area (Å²) in [5, 5.41) is 0.687. The number of piperazine rings is 1. The molecule has 0 N–H and O–H groups in total. The Morgan fingerprint density at radius 2 is 1.48 bits per heavy atom. The Balaban J connectivity index is 1.49. The van der Waals surface area contributed by atoms with Crippen molar-refractivity contribution < 1.29 is 28.5 Å². The van der Waals surface area contributed by atoms with Crippen molar-refractivity contribution in [3.8, 4) is 23.0 Å². The summed E-state index contributed by atoms with van der Waals surface area (Å²) in [4.78, 5) is 33.8. The van der Waals surface area contributed by atoms with Gasteiger partial charge < -0.3 is 33.6 Å². The van der Waals surface area contributed by atoms with E-state index in [9.17, 15) is 9.59 Å². The lowest BCUT2D eigenvalue weighted by Gasteiger charge is -2.44. The molecule has 10 heteroatoms. The summed E-state index contributed by atoms with van der Waals surface area (Å²) in [7, 11) is 6.22. The largest absolute Gasteiger partial charge is 0.497 e. The Morgan fingerprint density at radius 1 is 0.810 bits per heavy atom. The molecule has 2 fully saturated rings. The first-order valence-electron chi connectivity index (χ1n) is 13.9. The maximum atomic E-state index is 14.2. The molecule has 2 atom stereocenters. The van der Waals surface area contributed by atoms with Gasteiger partial charge in [-0.1, -0.05) is 29.8 Å². The minimum atomic E-state index is -0.543. The zero-order valence-corrected chi connectivity index (χ0v) is 25.1. The molecule has 3 aromatic carbocycles. The molecule has 2 saturated heterocycles. The van der Waals surface area contributed by atoms with Crippen molar-refractivity contribution >= 4 is 34.8 Å². The first kappa shape index (κ1) is 29.4. The van der Waals surface area contributed by atoms with Crippen molar-refractivity contribution in [3.05, 3.63) is 71.2 Å². The Bertz CT molecular complexity index is 1400. The monoisotopic (exact) mass is 593 g/mol. The van der Waals surface area contributed by atoms with E-state index < -0.39 is 12.0 Å². The fourth-order valence-corrected chi connectivity index (χ4v) is 6.12. The number of carbonyl (C=O) groups is 2. The molecule has 5 rings (SSSR count). The highest BCUT2D eigenvalue weighted by molar-refractivity contribution is 6.30. The van der Waals surface area contributed by atoms with E-state index in [4.69, 9.17) is 30.5 Å². The van der Waals surface area contributed by atoms with Gasteiger partial charge in [0.05, 0.1) is 46.1 Å². The number of hydrogen-bond donors (Lipinski definition) is 0. The molecular weight excluding hydrogens is 558 g/mol. The second-order valence-corrected chi connectivity index (χ2v) is 10.7. The second kappa shape index (κ2) is 12.8. The number of benzene rings is 3. The number of halogens is 1. The molecule has 2 amide bonds. The van der Waals surface area contributed by atoms with Gasteiger partial charge in [0.15, 0.2) is 11.5 Å². The molecular formula is C32H36ClN3O6. The molecule has 9 nitrogen and oxygen atoms in total. The maximum Gasteiger partial charge on any atom is 0.228 e. The normalized spacial score (nSPS) is 19.0. The smallest absolute Gasteiger partial charge is 0.228 e. The molecule has 222 valence electrons. The fraction of sp³-hybridized carbons (Fsp3) is 0.375. The summed E-state index contributed by atoms with van der Waals surface area (Å²) in [6.07, 6.45) is 0.687. The average molecular weight is 594 g/mol. The van der Waals surface area contributed by atoms with Crippen LogP contribution in [0.1, 0.15) is 24.4 Å². The van der Waals surface area contributed by atoms with E-state index >= 15 is 0 Å². The van der Waals surface area contributed by atoms with Crippen molar-refractivity contribution in [2.45, 2.75) is 18.9 Å². The van der Waals surface area contributed by atoms with E-state index in [1.807, 2.05) is 53.4 Å². The molecule has 0 bridgehead atoms. The van der Waals surface area contributed by atoms with Gasteiger partial charge in [-0.2, -0.15) is 0 Å². The first-order valence-corrected chi connectivity index (χ1v) is 14.3. The van der Waals surface area contributed by atoms with Crippen LogP contribution in [0.15, 0.2) is 60.7 Å². The third kappa shape index (κ3) is 5.79. The number of amides is 2. The number of hydrogen-bond acceptors (Lipinski definition) is 7. The Morgan fingerprint density at radius 3 is 2.05 bits per heavy atom. The SMILES string of the molecule is COc1ccc(C2C(C(=O)N3CCN(c4cccc(Cl)c4)CC3)CCC(=O)N2c2cc(OC)c(OC)c(OC)c2)cc1. The van der Waals surface area contributed by atoms with Crippen LogP contribution in [0, 0.1) is 5.92 Å². The zero-order valence-electron chi connectivity index (χ0n) is 24.3. The van der Waals surface area contributed by atoms with Gasteiger partial charge in [0, 0.05) is 55.4 Å². The van der Waals surface area contributed by atoms with Crippen LogP contribution in [-0.4, -0.2) is 71.3 Å². The molecule has 0 radical (unpaired) electrons. The third-order valence-electron chi connectivity index (χ3n) is 8.06. The van der Waals surface area contributed by atoms with Gasteiger partial charge in [-0.25, -0.2) is 0 Å². The number of ether oxygens (including phenoxy) is 4. The van der Waals surface area contributed by atoms with Crippen LogP contribution in [0.4, 0.5) is 11.4 Å². The minimum absolute atomic E-state index is 0.0338. The predicted molar refractivity (Wildman–Crippen MR) is 162 cm³/mol. The zero-order chi connectivity index (χ0) is 29.8. The standard InChI is InChI=1S/C32H36ClN3O6/c1-39-25-10-8-21(9-11-25)30-26(32(38)35-16-14-34(15-17-35)23-7-5-6-22(33)18-23)12-13-29(37)36(30)24-19-27(40-2)31(42-4)28(20-24)41-3/h5-11,18-20,26,30H,12-17H2,1-4H3. The number of carbonyl (C=O) groups excluding carboxylic acids is 2. The lowest BCUT2D eigenvalue weighted by molar-refractivity contribution is -0.138. The van der Waals surface area contributed by atoms with E-state index in [-0.39, 0.29) is 18.2 Å². The van der Waals surface area contributed by atoms with Crippen molar-refractivity contribution in [2.24, 2.45) is 5.92 Å². The number of methoxy groups -OCH3 is 4. The predicted octanol–water partition coefficient (Wildman–Crippen LogP) is 5.21. The Hall–Kier alpha value is -4.11. The molecule has 2 unspecified atom stereocenters. The third-order valence-corrected chi connectivity index (χ3v) is 8.30. The van der Waals surface area contributed by atoms with Crippen molar-refractivity contribution in [3.63, 3.8) is 0 Å². The summed E-state index contributed by atoms with van der Waals surface area (Å²) in [5.41, 5.74) is 2.45. The molecule has 42 heavy (non-hydrogen) atoms. The molecule has 2 aliphatic heterocycles. The summed E-state index contributed by atoms with van der Waals surface area (Å²) in [6.45, 7) is 2.55. The molecule has 0 saturated carbocycles. The number of rotatable bonds is 8. The van der Waals surface area contributed by atoms with Crippen LogP contribution in [0.3, 0.4) is 0 Å². The van der Waals surface area contributed by atoms with E-state index in [0.29, 0.717) is 66.3 Å². The van der Waals surface area contributed by atoms with Crippen LogP contribution < -0.4 is 28.7 Å². The maximum absolute atomic E-state index is 14.2. The minimum Gasteiger partial charge on any atom is -0.497 e. The summed E-state index contributed by atoms with van der Waals surface area (Å²) in [5.74, 6) is 1.48. The van der Waals surface area contributed by atoms with E-state index in [0.717, 1.165) is 11.3 Å². The van der Waals surface area contributed by atoms with Gasteiger partial charge in [-0.3, -0.25) is 9.59 Å². The van der Waals surface area contributed by atoms with Gasteiger partial charge in [0.1, 0.15) is 5.75 Å². The van der Waals surface area contributed by atoms with Crippen LogP contribution >= 0.6 is 11.6 Å². The fourth-order valence-electron chi connectivity index (χ4n) is 5.94. The summed E-state index contributed by atoms with van der Waals surface area (Å²) in [6, 6.07) is 18.3. The summed E-state index contributed by atoms with van der Waals surface area (Å²) < 4.78 is 22.1. The molecule has 0 aromatic heterocycles. The van der Waals surface area contributed by atoms with Crippen LogP contribution in [0.25, 0.3) is 0 Å². The highest BCUT2D eigenvalue weighted by Gasteiger charge is 2.44. The number of nitrogens with zero attached hydrogens (tertiary/aromatic N) is 3. The van der Waals surface area contributed by atoms with Crippen LogP contribution in [-0.2, 0) is 9.59 Å². The van der Waals surface area contributed by atoms with E-state index in [1.54, 1.807) is 24.1 Å². The van der Waals surface area contributed by atoms with Gasteiger partial charge in [-0.05, 0) is 42.3 Å². The highest BCUT2D eigenvalue weighted by atomic mass is 35.5. The number of piperidine rings is 1. The second-order valence-electron chi connectivity index (χ2n) is 10.3. The van der Waals surface area contributed by atoms with Gasteiger partial charge in [0.2, 0.25) is 17.6 Å². The lowest BCUT2D eigenvalue weighted by atomic mass is 9.82. The Labute approximate surface area is 251 Å². The highest BCUT2D eigenvalue weighted by Crippen LogP contribution is 2.46. The van der Waals surface area contributed by atoms with Gasteiger partial charge >= 0.3 is 0 Å². The van der Waals surface area contributed by atoms with Crippen molar-refractivity contribution in [1.29, 1.82) is 0 Å². The Kier molecular flexibility index (Phi) is 8.97. The van der Waals surface area contributed by atoms with E-state index in [2.05, 4.69) is 4.90 Å². The number of anilines is 2. The molecule has 0 aliphatic carbocycles.